The molecule has 0 aromatic carbocycles. The molecule has 30 heavy (non-hydrogen) atoms. The Bertz CT molecular complexity index is 674. The quantitative estimate of drug-likeness (QED) is 0.713. The summed E-state index contributed by atoms with van der Waals surface area (Å²) < 4.78 is 5.63. The largest absolute Gasteiger partial charge is 0.447 e. The van der Waals surface area contributed by atoms with Crippen molar-refractivity contribution in [3.05, 3.63) is 17.8 Å². The number of aliphatic hydroxyl groups excluding tert-OH is 1. The maximum absolute atomic E-state index is 12.8. The van der Waals surface area contributed by atoms with Crippen LogP contribution >= 0.6 is 0 Å². The van der Waals surface area contributed by atoms with Crippen molar-refractivity contribution in [3.8, 4) is 0 Å². The molecule has 0 radical (unpaired) electrons. The molecule has 1 N–H and O–H groups in total. The van der Waals surface area contributed by atoms with Crippen LogP contribution in [0.15, 0.2) is 10.7 Å². The van der Waals surface area contributed by atoms with E-state index in [4.69, 9.17) is 4.42 Å². The lowest BCUT2D eigenvalue weighted by Crippen LogP contribution is -2.51. The summed E-state index contributed by atoms with van der Waals surface area (Å²) in [4.78, 5) is 26.4. The van der Waals surface area contributed by atoms with Crippen LogP contribution in [0.5, 0.6) is 0 Å². The molecule has 0 unspecified atom stereocenters. The molecule has 168 valence electrons. The molecular weight excluding hydrogens is 382 g/mol. The number of amides is 1. The van der Waals surface area contributed by atoms with Gasteiger partial charge in [-0.15, -0.1) is 0 Å². The van der Waals surface area contributed by atoms with Crippen molar-refractivity contribution < 1.29 is 14.3 Å². The Morgan fingerprint density at radius 1 is 1.10 bits per heavy atom. The van der Waals surface area contributed by atoms with Gasteiger partial charge in [0.15, 0.2) is 5.69 Å². The number of hydrogen-bond donors (Lipinski definition) is 1. The van der Waals surface area contributed by atoms with Crippen molar-refractivity contribution in [1.29, 1.82) is 0 Å². The predicted octanol–water partition coefficient (Wildman–Crippen LogP) is 1.26. The van der Waals surface area contributed by atoms with Crippen LogP contribution in [0.4, 0.5) is 0 Å². The molecule has 8 nitrogen and oxygen atoms in total. The second-order valence-electron chi connectivity index (χ2n) is 9.03. The van der Waals surface area contributed by atoms with Gasteiger partial charge in [-0.05, 0) is 19.3 Å². The highest BCUT2D eigenvalue weighted by Gasteiger charge is 2.29. The fourth-order valence-corrected chi connectivity index (χ4v) is 4.95. The number of aliphatic hydroxyl groups is 1. The maximum atomic E-state index is 12.8. The van der Waals surface area contributed by atoms with E-state index < -0.39 is 0 Å². The third-order valence-electron chi connectivity index (χ3n) is 6.98. The zero-order valence-corrected chi connectivity index (χ0v) is 18.3. The van der Waals surface area contributed by atoms with Gasteiger partial charge in [-0.3, -0.25) is 19.5 Å². The zero-order chi connectivity index (χ0) is 20.9. The minimum Gasteiger partial charge on any atom is -0.447 e. The van der Waals surface area contributed by atoms with Crippen LogP contribution < -0.4 is 0 Å². The summed E-state index contributed by atoms with van der Waals surface area (Å²) in [5, 5.41) is 9.82. The molecule has 3 heterocycles. The number of carbonyl (C=O) groups excluding carboxylic acids is 1. The lowest BCUT2D eigenvalue weighted by atomic mass is 10.2. The Morgan fingerprint density at radius 3 is 2.43 bits per heavy atom. The fraction of sp³-hybridized carbons (Fsp3) is 0.818. The van der Waals surface area contributed by atoms with E-state index in [0.717, 1.165) is 71.4 Å². The molecule has 1 aromatic rings. The second kappa shape index (κ2) is 10.2. The minimum absolute atomic E-state index is 0.00514. The lowest BCUT2D eigenvalue weighted by molar-refractivity contribution is 0.0567. The molecule has 1 aliphatic carbocycles. The van der Waals surface area contributed by atoms with Crippen molar-refractivity contribution >= 4 is 5.91 Å². The van der Waals surface area contributed by atoms with Crippen molar-refractivity contribution in [1.82, 2.24) is 24.6 Å². The normalized spacial score (nSPS) is 23.9. The van der Waals surface area contributed by atoms with Crippen molar-refractivity contribution in [2.75, 3.05) is 58.9 Å². The number of hydrogen-bond acceptors (Lipinski definition) is 7. The summed E-state index contributed by atoms with van der Waals surface area (Å²) in [6.07, 6.45) is 7.40. The predicted molar refractivity (Wildman–Crippen MR) is 114 cm³/mol. The summed E-state index contributed by atoms with van der Waals surface area (Å²) in [7, 11) is 0. The standard InChI is InChI=1S/C22H37N5O3/c1-2-19(28)15-24-7-9-25(10-8-24)16-21-23-20(17-30-21)22(29)27-13-11-26(12-14-27)18-5-3-4-6-18/h17-19,28H,2-16H2,1H3/t19-/m0/s1. The highest BCUT2D eigenvalue weighted by atomic mass is 16.3. The van der Waals surface area contributed by atoms with Crippen LogP contribution in [0.3, 0.4) is 0 Å². The molecule has 1 amide bonds. The molecule has 1 atom stereocenters. The van der Waals surface area contributed by atoms with Crippen LogP contribution in [0.25, 0.3) is 0 Å². The van der Waals surface area contributed by atoms with E-state index in [1.54, 1.807) is 0 Å². The van der Waals surface area contributed by atoms with E-state index in [0.29, 0.717) is 18.1 Å². The molecule has 4 rings (SSSR count). The van der Waals surface area contributed by atoms with E-state index >= 15 is 0 Å². The van der Waals surface area contributed by atoms with Gasteiger partial charge >= 0.3 is 0 Å². The first-order valence-corrected chi connectivity index (χ1v) is 11.7. The Morgan fingerprint density at radius 2 is 1.77 bits per heavy atom. The number of oxazole rings is 1. The van der Waals surface area contributed by atoms with Gasteiger partial charge < -0.3 is 14.4 Å². The van der Waals surface area contributed by atoms with Crippen LogP contribution in [0.2, 0.25) is 0 Å². The number of nitrogens with zero attached hydrogens (tertiary/aromatic N) is 5. The van der Waals surface area contributed by atoms with E-state index in [-0.39, 0.29) is 12.0 Å². The average Bonchev–Trinajstić information content (AvgIpc) is 3.47. The molecular formula is C22H37N5O3. The van der Waals surface area contributed by atoms with Gasteiger partial charge in [-0.25, -0.2) is 4.98 Å². The second-order valence-corrected chi connectivity index (χ2v) is 9.03. The number of piperazine rings is 2. The molecule has 3 aliphatic rings. The van der Waals surface area contributed by atoms with Crippen LogP contribution in [-0.2, 0) is 6.54 Å². The molecule has 0 spiro atoms. The molecule has 3 fully saturated rings. The summed E-state index contributed by atoms with van der Waals surface area (Å²) in [5.41, 5.74) is 0.434. The lowest BCUT2D eigenvalue weighted by Gasteiger charge is -2.37. The first kappa shape index (κ1) is 21.7. The minimum atomic E-state index is -0.239. The van der Waals surface area contributed by atoms with E-state index in [1.165, 1.54) is 31.9 Å². The van der Waals surface area contributed by atoms with Gasteiger partial charge in [0, 0.05) is 64.9 Å². The Balaban J connectivity index is 1.22. The molecule has 8 heteroatoms. The van der Waals surface area contributed by atoms with Gasteiger partial charge in [0.2, 0.25) is 5.89 Å². The molecule has 0 bridgehead atoms. The fourth-order valence-electron chi connectivity index (χ4n) is 4.95. The highest BCUT2D eigenvalue weighted by molar-refractivity contribution is 5.92. The average molecular weight is 420 g/mol. The van der Waals surface area contributed by atoms with E-state index in [9.17, 15) is 9.90 Å². The Labute approximate surface area is 179 Å². The van der Waals surface area contributed by atoms with Crippen LogP contribution in [0.1, 0.15) is 55.4 Å². The number of rotatable bonds is 7. The third-order valence-corrected chi connectivity index (χ3v) is 6.98. The molecule has 2 saturated heterocycles. The third kappa shape index (κ3) is 5.41. The first-order chi connectivity index (χ1) is 14.6. The first-order valence-electron chi connectivity index (χ1n) is 11.7. The van der Waals surface area contributed by atoms with Crippen LogP contribution in [-0.4, -0.2) is 107 Å². The summed E-state index contributed by atoms with van der Waals surface area (Å²) in [5.74, 6) is 0.611. The van der Waals surface area contributed by atoms with E-state index in [2.05, 4.69) is 19.7 Å². The summed E-state index contributed by atoms with van der Waals surface area (Å²) >= 11 is 0. The maximum Gasteiger partial charge on any atom is 0.275 e. The van der Waals surface area contributed by atoms with Gasteiger partial charge in [0.25, 0.3) is 5.91 Å². The number of β-amino-alcohol motifs (C(OH)–C–C–N with tert-alkyl or cyclic N) is 1. The Kier molecular flexibility index (Phi) is 7.41. The van der Waals surface area contributed by atoms with Gasteiger partial charge in [0.05, 0.1) is 12.6 Å². The smallest absolute Gasteiger partial charge is 0.275 e. The molecule has 1 aromatic heterocycles. The van der Waals surface area contributed by atoms with Gasteiger partial charge in [-0.2, -0.15) is 0 Å². The van der Waals surface area contributed by atoms with Crippen molar-refractivity contribution in [3.63, 3.8) is 0 Å². The molecule has 1 saturated carbocycles. The Hall–Kier alpha value is -1.48. The van der Waals surface area contributed by atoms with E-state index in [1.807, 2.05) is 11.8 Å². The van der Waals surface area contributed by atoms with Crippen molar-refractivity contribution in [2.24, 2.45) is 0 Å². The number of aromatic nitrogens is 1. The SMILES string of the molecule is CC[C@H](O)CN1CCN(Cc2nc(C(=O)N3CCN(C4CCCC4)CC3)co2)CC1. The highest BCUT2D eigenvalue weighted by Crippen LogP contribution is 2.24. The van der Waals surface area contributed by atoms with Crippen LogP contribution in [0, 0.1) is 0 Å². The molecule has 2 aliphatic heterocycles. The summed E-state index contributed by atoms with van der Waals surface area (Å²) in [6, 6.07) is 0.728. The van der Waals surface area contributed by atoms with Gasteiger partial charge in [-0.1, -0.05) is 19.8 Å². The monoisotopic (exact) mass is 419 g/mol. The topological polar surface area (TPSA) is 76.3 Å². The summed E-state index contributed by atoms with van der Waals surface area (Å²) in [6.45, 7) is 10.6. The van der Waals surface area contributed by atoms with Gasteiger partial charge in [0.1, 0.15) is 6.26 Å². The zero-order valence-electron chi connectivity index (χ0n) is 18.3. The number of carbonyl (C=O) groups is 1. The van der Waals surface area contributed by atoms with Crippen molar-refractivity contribution in [2.45, 2.75) is 57.7 Å².